The van der Waals surface area contributed by atoms with Crippen molar-refractivity contribution in [2.45, 2.75) is 18.2 Å². The number of alkyl halides is 1. The lowest BCUT2D eigenvalue weighted by Crippen LogP contribution is -2.25. The molecule has 0 atom stereocenters. The molecule has 0 amide bonds. The number of sulfonamides is 1. The molecule has 0 bridgehead atoms. The van der Waals surface area contributed by atoms with Gasteiger partial charge in [0.05, 0.1) is 4.90 Å². The first kappa shape index (κ1) is 13.9. The highest BCUT2D eigenvalue weighted by Crippen LogP contribution is 2.15. The number of aryl methyl sites for hydroxylation is 1. The zero-order valence-corrected chi connectivity index (χ0v) is 11.8. The first-order chi connectivity index (χ1) is 7.47. The van der Waals surface area contributed by atoms with Crippen LogP contribution < -0.4 is 4.72 Å². The van der Waals surface area contributed by atoms with Crippen molar-refractivity contribution in [3.8, 4) is 0 Å². The van der Waals surface area contributed by atoms with Gasteiger partial charge in [0.25, 0.3) is 0 Å². The van der Waals surface area contributed by atoms with Crippen LogP contribution in [0, 0.1) is 12.7 Å². The van der Waals surface area contributed by atoms with E-state index in [2.05, 4.69) is 27.3 Å². The maximum atomic E-state index is 12.8. The molecule has 0 aliphatic carbocycles. The minimum atomic E-state index is -3.50. The summed E-state index contributed by atoms with van der Waals surface area (Å²) in [6.07, 6.45) is 0.778. The predicted molar refractivity (Wildman–Crippen MR) is 69.8 cm³/mol. The first-order valence-electron chi connectivity index (χ1n) is 4.79. The normalized spacial score (nSPS) is 11.7. The van der Waals surface area contributed by atoms with Crippen molar-refractivity contribution in [2.75, 3.05) is 11.0 Å². The van der Waals surface area contributed by atoms with Crippen molar-refractivity contribution >= 4 is 32.6 Å². The van der Waals surface area contributed by atoms with Crippen molar-refractivity contribution in [1.29, 1.82) is 0 Å². The highest BCUT2D eigenvalue weighted by atomic mass is 127. The third-order valence-electron chi connectivity index (χ3n) is 2.03. The molecule has 3 nitrogen and oxygen atoms in total. The van der Waals surface area contributed by atoms with E-state index < -0.39 is 15.8 Å². The van der Waals surface area contributed by atoms with Gasteiger partial charge >= 0.3 is 0 Å². The Hall–Kier alpha value is -0.210. The van der Waals surface area contributed by atoms with Gasteiger partial charge in [0.1, 0.15) is 5.82 Å². The maximum absolute atomic E-state index is 12.8. The number of benzene rings is 1. The summed E-state index contributed by atoms with van der Waals surface area (Å²) in [7, 11) is -3.50. The minimum Gasteiger partial charge on any atom is -0.211 e. The van der Waals surface area contributed by atoms with Crippen LogP contribution in [0.25, 0.3) is 0 Å². The molecule has 16 heavy (non-hydrogen) atoms. The zero-order chi connectivity index (χ0) is 12.2. The highest BCUT2D eigenvalue weighted by Gasteiger charge is 2.15. The van der Waals surface area contributed by atoms with E-state index in [4.69, 9.17) is 0 Å². The van der Waals surface area contributed by atoms with E-state index in [1.807, 2.05) is 0 Å². The van der Waals surface area contributed by atoms with Gasteiger partial charge in [-0.2, -0.15) is 0 Å². The van der Waals surface area contributed by atoms with Crippen LogP contribution in [0.1, 0.15) is 12.0 Å². The molecule has 90 valence electrons. The first-order valence-corrected chi connectivity index (χ1v) is 7.80. The van der Waals surface area contributed by atoms with Gasteiger partial charge in [0.15, 0.2) is 0 Å². The van der Waals surface area contributed by atoms with Crippen molar-refractivity contribution in [3.05, 3.63) is 29.6 Å². The number of hydrogen-bond donors (Lipinski definition) is 1. The van der Waals surface area contributed by atoms with Crippen LogP contribution in [-0.4, -0.2) is 19.4 Å². The van der Waals surface area contributed by atoms with Crippen molar-refractivity contribution < 1.29 is 12.8 Å². The van der Waals surface area contributed by atoms with Crippen LogP contribution in [0.4, 0.5) is 4.39 Å². The molecule has 0 aliphatic heterocycles. The second-order valence-corrected chi connectivity index (χ2v) is 6.16. The van der Waals surface area contributed by atoms with Gasteiger partial charge in [0.2, 0.25) is 10.0 Å². The number of halogens is 2. The Morgan fingerprint density at radius 2 is 2.12 bits per heavy atom. The SMILES string of the molecule is Cc1cc(F)ccc1S(=O)(=O)NCCCI. The Kier molecular flexibility index (Phi) is 5.13. The summed E-state index contributed by atoms with van der Waals surface area (Å²) >= 11 is 2.18. The lowest BCUT2D eigenvalue weighted by Gasteiger charge is -2.08. The standard InChI is InChI=1S/C10H13FINO2S/c1-8-7-9(11)3-4-10(8)16(14,15)13-6-2-5-12/h3-4,7,13H,2,5-6H2,1H3. The molecule has 1 N–H and O–H groups in total. The van der Waals surface area contributed by atoms with E-state index in [9.17, 15) is 12.8 Å². The lowest BCUT2D eigenvalue weighted by molar-refractivity contribution is 0.579. The molecular formula is C10H13FINO2S. The van der Waals surface area contributed by atoms with Gasteiger partial charge in [-0.1, -0.05) is 22.6 Å². The molecule has 1 aromatic carbocycles. The van der Waals surface area contributed by atoms with Gasteiger partial charge in [-0.3, -0.25) is 0 Å². The highest BCUT2D eigenvalue weighted by molar-refractivity contribution is 14.1. The Morgan fingerprint density at radius 3 is 2.69 bits per heavy atom. The Labute approximate surface area is 109 Å². The minimum absolute atomic E-state index is 0.141. The summed E-state index contributed by atoms with van der Waals surface area (Å²) in [6, 6.07) is 3.66. The molecule has 0 aromatic heterocycles. The fraction of sp³-hybridized carbons (Fsp3) is 0.400. The summed E-state index contributed by atoms with van der Waals surface area (Å²) in [6.45, 7) is 1.98. The van der Waals surface area contributed by atoms with Crippen LogP contribution in [0.5, 0.6) is 0 Å². The fourth-order valence-corrected chi connectivity index (χ4v) is 2.95. The van der Waals surface area contributed by atoms with Gasteiger partial charge in [0, 0.05) is 11.0 Å². The van der Waals surface area contributed by atoms with Crippen molar-refractivity contribution in [3.63, 3.8) is 0 Å². The molecule has 0 fully saturated rings. The molecule has 0 aliphatic rings. The Morgan fingerprint density at radius 1 is 1.44 bits per heavy atom. The van der Waals surface area contributed by atoms with Gasteiger partial charge in [-0.25, -0.2) is 17.5 Å². The molecule has 0 spiro atoms. The summed E-state index contributed by atoms with van der Waals surface area (Å²) in [5, 5.41) is 0. The second kappa shape index (κ2) is 5.92. The zero-order valence-electron chi connectivity index (χ0n) is 8.83. The molecule has 0 radical (unpaired) electrons. The van der Waals surface area contributed by atoms with Gasteiger partial charge in [-0.05, 0) is 37.1 Å². The molecular weight excluding hydrogens is 344 g/mol. The smallest absolute Gasteiger partial charge is 0.211 e. The van der Waals surface area contributed by atoms with E-state index in [0.717, 1.165) is 16.9 Å². The number of nitrogens with one attached hydrogen (secondary N) is 1. The second-order valence-electron chi connectivity index (χ2n) is 3.35. The molecule has 0 unspecified atom stereocenters. The van der Waals surface area contributed by atoms with Crippen LogP contribution in [0.3, 0.4) is 0 Å². The lowest BCUT2D eigenvalue weighted by atomic mass is 10.2. The maximum Gasteiger partial charge on any atom is 0.240 e. The fourth-order valence-electron chi connectivity index (χ4n) is 1.27. The molecule has 6 heteroatoms. The molecule has 0 heterocycles. The molecule has 1 rings (SSSR count). The summed E-state index contributed by atoms with van der Waals surface area (Å²) in [5.41, 5.74) is 0.418. The van der Waals surface area contributed by atoms with Crippen LogP contribution in [-0.2, 0) is 10.0 Å². The van der Waals surface area contributed by atoms with E-state index >= 15 is 0 Å². The van der Waals surface area contributed by atoms with Gasteiger partial charge in [-0.15, -0.1) is 0 Å². The average molecular weight is 357 g/mol. The third kappa shape index (κ3) is 3.67. The molecule has 0 saturated carbocycles. The predicted octanol–water partition coefficient (Wildman–Crippen LogP) is 2.24. The van der Waals surface area contributed by atoms with Crippen LogP contribution in [0.15, 0.2) is 23.1 Å². The quantitative estimate of drug-likeness (QED) is 0.499. The van der Waals surface area contributed by atoms with Crippen LogP contribution in [0.2, 0.25) is 0 Å². The monoisotopic (exact) mass is 357 g/mol. The average Bonchev–Trinajstić information content (AvgIpc) is 2.17. The third-order valence-corrected chi connectivity index (χ3v) is 4.41. The van der Waals surface area contributed by atoms with E-state index in [1.165, 1.54) is 12.1 Å². The number of rotatable bonds is 5. The van der Waals surface area contributed by atoms with Crippen LogP contribution >= 0.6 is 22.6 Å². The molecule has 0 saturated heterocycles. The van der Waals surface area contributed by atoms with Crippen molar-refractivity contribution in [1.82, 2.24) is 4.72 Å². The topological polar surface area (TPSA) is 46.2 Å². The summed E-state index contributed by atoms with van der Waals surface area (Å²) in [5.74, 6) is -0.427. The Balaban J connectivity index is 2.90. The summed E-state index contributed by atoms with van der Waals surface area (Å²) < 4.78 is 39.8. The summed E-state index contributed by atoms with van der Waals surface area (Å²) in [4.78, 5) is 0.141. The van der Waals surface area contributed by atoms with E-state index in [0.29, 0.717) is 12.1 Å². The van der Waals surface area contributed by atoms with E-state index in [1.54, 1.807) is 6.92 Å². The van der Waals surface area contributed by atoms with Crippen molar-refractivity contribution in [2.24, 2.45) is 0 Å². The largest absolute Gasteiger partial charge is 0.240 e. The Bertz CT molecular complexity index is 462. The van der Waals surface area contributed by atoms with Gasteiger partial charge < -0.3 is 0 Å². The molecule has 1 aromatic rings. The number of hydrogen-bond acceptors (Lipinski definition) is 2. The van der Waals surface area contributed by atoms with E-state index in [-0.39, 0.29) is 4.90 Å².